The molecule has 2 unspecified atom stereocenters. The number of nitrogens with two attached hydrogens (primary N) is 1. The number of H-pyrrole nitrogens is 1. The highest BCUT2D eigenvalue weighted by molar-refractivity contribution is 7.66. The molecule has 1 fully saturated rings. The normalized spacial score (nSPS) is 27.8. The van der Waals surface area contributed by atoms with E-state index >= 15 is 0 Å². The van der Waals surface area contributed by atoms with Crippen molar-refractivity contribution in [1.82, 2.24) is 14.8 Å². The fourth-order valence-corrected chi connectivity index (χ4v) is 5.59. The molecular weight excluding hydrogens is 522 g/mol. The monoisotopic (exact) mass is 541 g/mol. The maximum absolute atomic E-state index is 14.6. The van der Waals surface area contributed by atoms with Gasteiger partial charge in [0.25, 0.3) is 5.56 Å². The first-order valence-electron chi connectivity index (χ1n) is 8.33. The maximum Gasteiger partial charge on any atom is 0.490 e. The number of hydrogen-bond acceptors (Lipinski definition) is 12. The van der Waals surface area contributed by atoms with Crippen LogP contribution >= 0.6 is 23.5 Å². The predicted octanol–water partition coefficient (Wildman–Crippen LogP) is -2.04. The molecule has 0 radical (unpaired) electrons. The molecule has 0 bridgehead atoms. The topological polar surface area (TPSA) is 278 Å². The SMILES string of the molecule is C=C([C@@H]1O[C@H](COP(=O)(O)OP(=O)(O)OP(=O)(O)O)[C@@H](O)[C@H]1F)n1nc(N)[nH]c(=O)/c1=N/C. The highest BCUT2D eigenvalue weighted by atomic mass is 31.3. The van der Waals surface area contributed by atoms with Crippen molar-refractivity contribution in [2.75, 3.05) is 19.4 Å². The van der Waals surface area contributed by atoms with Crippen molar-refractivity contribution in [2.24, 2.45) is 4.99 Å². The lowest BCUT2D eigenvalue weighted by molar-refractivity contribution is -0.0102. The van der Waals surface area contributed by atoms with Gasteiger partial charge in [0.2, 0.25) is 11.4 Å². The van der Waals surface area contributed by atoms with E-state index in [-0.39, 0.29) is 17.1 Å². The molecule has 2 rings (SSSR count). The van der Waals surface area contributed by atoms with Gasteiger partial charge in [-0.3, -0.25) is 19.3 Å². The number of nitrogens with one attached hydrogen (secondary N) is 1. The van der Waals surface area contributed by atoms with Gasteiger partial charge in [-0.05, 0) is 0 Å². The molecule has 6 atom stereocenters. The van der Waals surface area contributed by atoms with Crippen LogP contribution in [0.2, 0.25) is 0 Å². The first kappa shape index (κ1) is 27.7. The van der Waals surface area contributed by atoms with Crippen molar-refractivity contribution in [1.29, 1.82) is 0 Å². The van der Waals surface area contributed by atoms with Gasteiger partial charge in [0.15, 0.2) is 6.17 Å². The number of hydrogen-bond donors (Lipinski definition) is 7. The number of phosphoric ester groups is 1. The molecule has 0 aliphatic carbocycles. The van der Waals surface area contributed by atoms with Gasteiger partial charge < -0.3 is 35.2 Å². The highest BCUT2D eigenvalue weighted by Crippen LogP contribution is 2.66. The Labute approximate surface area is 182 Å². The zero-order valence-electron chi connectivity index (χ0n) is 16.4. The molecule has 1 aliphatic heterocycles. The number of alkyl halides is 1. The largest absolute Gasteiger partial charge is 0.490 e. The van der Waals surface area contributed by atoms with Crippen LogP contribution in [0.1, 0.15) is 0 Å². The van der Waals surface area contributed by atoms with Crippen LogP contribution in [0.4, 0.5) is 10.3 Å². The third-order valence-electron chi connectivity index (χ3n) is 3.80. The molecule has 22 heteroatoms. The van der Waals surface area contributed by atoms with Gasteiger partial charge in [-0.1, -0.05) is 6.58 Å². The minimum Gasteiger partial charge on any atom is -0.387 e. The number of aliphatic hydroxyl groups is 1. The third kappa shape index (κ3) is 7.19. The first-order valence-corrected chi connectivity index (χ1v) is 12.9. The van der Waals surface area contributed by atoms with Crippen LogP contribution in [0.3, 0.4) is 0 Å². The second kappa shape index (κ2) is 9.95. The number of halogens is 1. The van der Waals surface area contributed by atoms with Crippen molar-refractivity contribution < 1.29 is 60.6 Å². The van der Waals surface area contributed by atoms with Crippen LogP contribution in [0.25, 0.3) is 5.70 Å². The predicted molar refractivity (Wildman–Crippen MR) is 103 cm³/mol. The average molecular weight is 541 g/mol. The van der Waals surface area contributed by atoms with E-state index in [4.69, 9.17) is 25.2 Å². The molecule has 1 aliphatic rings. The van der Waals surface area contributed by atoms with Crippen molar-refractivity contribution in [3.05, 3.63) is 22.4 Å². The summed E-state index contributed by atoms with van der Waals surface area (Å²) in [5, 5.41) is 13.8. The van der Waals surface area contributed by atoms with E-state index < -0.39 is 60.1 Å². The molecule has 1 aromatic rings. The summed E-state index contributed by atoms with van der Waals surface area (Å²) in [6.45, 7) is 2.42. The molecule has 188 valence electrons. The molecule has 0 amide bonds. The minimum atomic E-state index is -5.77. The van der Waals surface area contributed by atoms with Gasteiger partial charge in [0, 0.05) is 7.05 Å². The molecule has 0 spiro atoms. The maximum atomic E-state index is 14.6. The van der Waals surface area contributed by atoms with E-state index in [2.05, 4.69) is 34.8 Å². The van der Waals surface area contributed by atoms with Gasteiger partial charge in [0.05, 0.1) is 12.3 Å². The molecular formula is C11H19FN5O13P3. The molecule has 2 heterocycles. The number of aromatic amines is 1. The van der Waals surface area contributed by atoms with Gasteiger partial charge >= 0.3 is 23.5 Å². The summed E-state index contributed by atoms with van der Waals surface area (Å²) in [7, 11) is -15.7. The van der Waals surface area contributed by atoms with Crippen LogP contribution in [0.15, 0.2) is 16.4 Å². The van der Waals surface area contributed by atoms with Crippen molar-refractivity contribution in [3.8, 4) is 0 Å². The summed E-state index contributed by atoms with van der Waals surface area (Å²) in [4.78, 5) is 53.3. The lowest BCUT2D eigenvalue weighted by Gasteiger charge is -2.19. The summed E-state index contributed by atoms with van der Waals surface area (Å²) in [6.07, 6.45) is -7.60. The van der Waals surface area contributed by atoms with Gasteiger partial charge in [0.1, 0.15) is 18.3 Å². The van der Waals surface area contributed by atoms with E-state index in [1.54, 1.807) is 0 Å². The number of nitrogen functional groups attached to an aromatic ring is 1. The van der Waals surface area contributed by atoms with Crippen LogP contribution in [-0.4, -0.2) is 77.6 Å². The van der Waals surface area contributed by atoms with Crippen LogP contribution in [-0.2, 0) is 31.6 Å². The molecule has 1 saturated heterocycles. The van der Waals surface area contributed by atoms with E-state index in [1.807, 2.05) is 0 Å². The fourth-order valence-electron chi connectivity index (χ4n) is 2.56. The Bertz CT molecular complexity index is 1180. The summed E-state index contributed by atoms with van der Waals surface area (Å²) >= 11 is 0. The number of aromatic nitrogens is 3. The van der Waals surface area contributed by atoms with E-state index in [0.717, 1.165) is 4.68 Å². The summed E-state index contributed by atoms with van der Waals surface area (Å²) in [5.74, 6) is -0.383. The molecule has 0 aromatic carbocycles. The molecule has 8 N–H and O–H groups in total. The zero-order valence-corrected chi connectivity index (χ0v) is 19.0. The standard InChI is InChI=1S/C11H19FN5O13P3/c1-4(17-9(14-2)10(19)15-11(13)16-17)8-6(12)7(18)5(28-8)3-27-32(23,24)30-33(25,26)29-31(20,21)22/h5-8,18H,1,3H2,2H3,(H,23,24)(H,25,26)(H2,20,21,22)(H3,13,15,16,19)/b14-9-/t5-,6-,7-,8+/m1/s1. The second-order valence-electron chi connectivity index (χ2n) is 6.21. The Kier molecular flexibility index (Phi) is 8.34. The van der Waals surface area contributed by atoms with Crippen LogP contribution in [0, 0.1) is 0 Å². The lowest BCUT2D eigenvalue weighted by atomic mass is 10.1. The molecule has 0 saturated carbocycles. The highest BCUT2D eigenvalue weighted by Gasteiger charge is 2.48. The second-order valence-corrected chi connectivity index (χ2v) is 10.6. The smallest absolute Gasteiger partial charge is 0.387 e. The Morgan fingerprint density at radius 3 is 2.45 bits per heavy atom. The number of nitrogens with zero attached hydrogens (tertiary/aromatic N) is 3. The van der Waals surface area contributed by atoms with Crippen molar-refractivity contribution >= 4 is 35.1 Å². The van der Waals surface area contributed by atoms with E-state index in [1.165, 1.54) is 7.05 Å². The quantitative estimate of drug-likeness (QED) is 0.166. The summed E-state index contributed by atoms with van der Waals surface area (Å²) in [6, 6.07) is 0. The minimum absolute atomic E-state index is 0.346. The first-order chi connectivity index (χ1) is 15.0. The Hall–Kier alpha value is -1.59. The average Bonchev–Trinajstić information content (AvgIpc) is 2.90. The Morgan fingerprint density at radius 2 is 1.91 bits per heavy atom. The zero-order chi connectivity index (χ0) is 25.4. The number of anilines is 1. The number of aliphatic hydroxyl groups excluding tert-OH is 1. The summed E-state index contributed by atoms with van der Waals surface area (Å²) < 4.78 is 65.7. The molecule has 18 nitrogen and oxygen atoms in total. The number of phosphoric acid groups is 3. The van der Waals surface area contributed by atoms with Crippen LogP contribution < -0.4 is 16.8 Å². The molecule has 33 heavy (non-hydrogen) atoms. The molecule has 1 aromatic heterocycles. The van der Waals surface area contributed by atoms with Crippen molar-refractivity contribution in [2.45, 2.75) is 24.5 Å². The van der Waals surface area contributed by atoms with Crippen molar-refractivity contribution in [3.63, 3.8) is 0 Å². The van der Waals surface area contributed by atoms with E-state index in [0.29, 0.717) is 0 Å². The van der Waals surface area contributed by atoms with Gasteiger partial charge in [-0.25, -0.2) is 22.8 Å². The van der Waals surface area contributed by atoms with Gasteiger partial charge in [-0.15, -0.1) is 5.10 Å². The van der Waals surface area contributed by atoms with Gasteiger partial charge in [-0.2, -0.15) is 8.62 Å². The Morgan fingerprint density at radius 1 is 1.30 bits per heavy atom. The fraction of sp³-hybridized carbons (Fsp3) is 0.545. The number of rotatable bonds is 9. The Balaban J connectivity index is 2.15. The van der Waals surface area contributed by atoms with E-state index in [9.17, 15) is 32.9 Å². The van der Waals surface area contributed by atoms with Crippen LogP contribution in [0.5, 0.6) is 0 Å². The lowest BCUT2D eigenvalue weighted by Crippen LogP contribution is -2.42. The number of ether oxygens (including phenoxy) is 1. The third-order valence-corrected chi connectivity index (χ3v) is 7.60. The summed E-state index contributed by atoms with van der Waals surface area (Å²) in [5.41, 5.74) is 3.94.